The van der Waals surface area contributed by atoms with Crippen LogP contribution in [-0.4, -0.2) is 66.4 Å². The summed E-state index contributed by atoms with van der Waals surface area (Å²) in [5.41, 5.74) is 3.03. The molecule has 4 rings (SSSR count). The Morgan fingerprint density at radius 3 is 2.27 bits per heavy atom. The van der Waals surface area contributed by atoms with Gasteiger partial charge in [-0.05, 0) is 28.7 Å². The number of carbonyl (C=O) groups is 3. The molecule has 2 N–H and O–H groups in total. The zero-order valence-corrected chi connectivity index (χ0v) is 18.7. The van der Waals surface area contributed by atoms with Crippen LogP contribution in [-0.2, 0) is 19.1 Å². The van der Waals surface area contributed by atoms with Gasteiger partial charge in [0.1, 0.15) is 12.6 Å². The van der Waals surface area contributed by atoms with Crippen molar-refractivity contribution in [3.63, 3.8) is 0 Å². The fourth-order valence-corrected chi connectivity index (χ4v) is 4.70. The maximum Gasteiger partial charge on any atom is 0.407 e. The predicted molar refractivity (Wildman–Crippen MR) is 121 cm³/mol. The number of hydrogen-bond acceptors (Lipinski definition) is 5. The Kier molecular flexibility index (Phi) is 6.37. The molecule has 174 valence electrons. The van der Waals surface area contributed by atoms with E-state index in [1.54, 1.807) is 6.92 Å². The van der Waals surface area contributed by atoms with Crippen LogP contribution in [0.25, 0.3) is 11.1 Å². The maximum absolute atomic E-state index is 13.0. The molecule has 8 nitrogen and oxygen atoms in total. The SMILES string of the molecule is CCC(NC(=O)OCC1c2ccccc2-c2ccccc21)C(=O)N(C)C1(C(=O)O)CCOC1. The number of fused-ring (bicyclic) bond motifs is 3. The van der Waals surface area contributed by atoms with Crippen molar-refractivity contribution in [2.75, 3.05) is 26.9 Å². The highest BCUT2D eigenvalue weighted by Gasteiger charge is 2.49. The van der Waals surface area contributed by atoms with E-state index in [1.165, 1.54) is 11.9 Å². The Morgan fingerprint density at radius 1 is 1.15 bits per heavy atom. The first-order valence-electron chi connectivity index (χ1n) is 11.1. The molecule has 2 unspecified atom stereocenters. The third kappa shape index (κ3) is 4.06. The number of alkyl carbamates (subject to hydrolysis) is 1. The van der Waals surface area contributed by atoms with Gasteiger partial charge in [0.2, 0.25) is 5.91 Å². The molecule has 1 saturated heterocycles. The summed E-state index contributed by atoms with van der Waals surface area (Å²) in [5, 5.41) is 12.3. The number of ether oxygens (including phenoxy) is 2. The lowest BCUT2D eigenvalue weighted by atomic mass is 9.95. The van der Waals surface area contributed by atoms with Gasteiger partial charge in [0.15, 0.2) is 5.54 Å². The van der Waals surface area contributed by atoms with Gasteiger partial charge in [-0.15, -0.1) is 0 Å². The minimum Gasteiger partial charge on any atom is -0.479 e. The molecule has 1 heterocycles. The Labute approximate surface area is 192 Å². The van der Waals surface area contributed by atoms with E-state index in [9.17, 15) is 19.5 Å². The van der Waals surface area contributed by atoms with Gasteiger partial charge in [-0.1, -0.05) is 55.5 Å². The van der Waals surface area contributed by atoms with E-state index >= 15 is 0 Å². The lowest BCUT2D eigenvalue weighted by Gasteiger charge is -2.35. The number of hydrogen-bond donors (Lipinski definition) is 2. The Hall–Kier alpha value is -3.39. The van der Waals surface area contributed by atoms with Crippen LogP contribution >= 0.6 is 0 Å². The highest BCUT2D eigenvalue weighted by molar-refractivity contribution is 5.91. The van der Waals surface area contributed by atoms with E-state index in [1.807, 2.05) is 36.4 Å². The van der Waals surface area contributed by atoms with Crippen LogP contribution < -0.4 is 5.32 Å². The topological polar surface area (TPSA) is 105 Å². The molecular weight excluding hydrogens is 424 g/mol. The van der Waals surface area contributed by atoms with Crippen molar-refractivity contribution < 1.29 is 29.0 Å². The number of aliphatic carboxylic acids is 1. The van der Waals surface area contributed by atoms with E-state index in [0.717, 1.165) is 22.3 Å². The Balaban J connectivity index is 1.42. The molecule has 0 aromatic heterocycles. The first-order chi connectivity index (χ1) is 15.9. The molecule has 33 heavy (non-hydrogen) atoms. The lowest BCUT2D eigenvalue weighted by molar-refractivity contribution is -0.158. The highest BCUT2D eigenvalue weighted by atomic mass is 16.5. The van der Waals surface area contributed by atoms with Crippen molar-refractivity contribution in [2.45, 2.75) is 37.3 Å². The normalized spacial score (nSPS) is 19.9. The third-order valence-electron chi connectivity index (χ3n) is 6.71. The molecule has 2 atom stereocenters. The molecule has 0 spiro atoms. The molecule has 1 fully saturated rings. The van der Waals surface area contributed by atoms with Crippen molar-refractivity contribution >= 4 is 18.0 Å². The van der Waals surface area contributed by atoms with Gasteiger partial charge in [-0.25, -0.2) is 9.59 Å². The quantitative estimate of drug-likeness (QED) is 0.669. The average Bonchev–Trinajstić information content (AvgIpc) is 3.45. The number of carboxylic acids is 1. The van der Waals surface area contributed by atoms with E-state index in [0.29, 0.717) is 6.42 Å². The van der Waals surface area contributed by atoms with Crippen LogP contribution in [0.5, 0.6) is 0 Å². The fourth-order valence-electron chi connectivity index (χ4n) is 4.70. The highest BCUT2D eigenvalue weighted by Crippen LogP contribution is 2.44. The smallest absolute Gasteiger partial charge is 0.407 e. The van der Waals surface area contributed by atoms with E-state index in [2.05, 4.69) is 17.4 Å². The standard InChI is InChI=1S/C25H28N2O6/c1-3-21(22(28)27(2)25(23(29)30)12-13-32-15-25)26-24(31)33-14-20-18-10-6-4-8-16(18)17-9-5-7-11-19(17)20/h4-11,20-21H,3,12-15H2,1-2H3,(H,26,31)(H,29,30). The number of carboxylic acid groups (broad SMARTS) is 1. The summed E-state index contributed by atoms with van der Waals surface area (Å²) < 4.78 is 10.8. The monoisotopic (exact) mass is 452 g/mol. The van der Waals surface area contributed by atoms with Crippen LogP contribution in [0.3, 0.4) is 0 Å². The van der Waals surface area contributed by atoms with E-state index < -0.39 is 29.6 Å². The van der Waals surface area contributed by atoms with Gasteiger partial charge >= 0.3 is 12.1 Å². The van der Waals surface area contributed by atoms with Crippen LogP contribution in [0.2, 0.25) is 0 Å². The van der Waals surface area contributed by atoms with E-state index in [4.69, 9.17) is 9.47 Å². The number of nitrogens with zero attached hydrogens (tertiary/aromatic N) is 1. The number of carbonyl (C=O) groups excluding carboxylic acids is 2. The summed E-state index contributed by atoms with van der Waals surface area (Å²) in [4.78, 5) is 38.7. The first-order valence-corrected chi connectivity index (χ1v) is 11.1. The van der Waals surface area contributed by atoms with Gasteiger partial charge in [0.25, 0.3) is 0 Å². The second-order valence-electron chi connectivity index (χ2n) is 8.47. The Morgan fingerprint density at radius 2 is 1.76 bits per heavy atom. The average molecular weight is 453 g/mol. The molecular formula is C25H28N2O6. The Bertz CT molecular complexity index is 1020. The molecule has 2 aromatic carbocycles. The molecule has 2 amide bonds. The van der Waals surface area contributed by atoms with Crippen molar-refractivity contribution in [1.82, 2.24) is 10.2 Å². The summed E-state index contributed by atoms with van der Waals surface area (Å²) >= 11 is 0. The van der Waals surface area contributed by atoms with Gasteiger partial charge in [-0.2, -0.15) is 0 Å². The number of likely N-dealkylation sites (N-methyl/N-ethyl adjacent to an activating group) is 1. The number of benzene rings is 2. The first kappa shape index (κ1) is 22.8. The summed E-state index contributed by atoms with van der Waals surface area (Å²) in [6.45, 7) is 2.07. The molecule has 1 aliphatic carbocycles. The predicted octanol–water partition coefficient (Wildman–Crippen LogP) is 3.01. The zero-order chi connectivity index (χ0) is 23.6. The molecule has 2 aliphatic rings. The van der Waals surface area contributed by atoms with Crippen molar-refractivity contribution in [3.05, 3.63) is 59.7 Å². The number of amides is 2. The lowest BCUT2D eigenvalue weighted by Crippen LogP contribution is -2.60. The van der Waals surface area contributed by atoms with Crippen molar-refractivity contribution in [2.24, 2.45) is 0 Å². The summed E-state index contributed by atoms with van der Waals surface area (Å²) in [6.07, 6.45) is -0.215. The summed E-state index contributed by atoms with van der Waals surface area (Å²) in [5.74, 6) is -1.70. The number of nitrogens with one attached hydrogen (secondary N) is 1. The molecule has 8 heteroatoms. The summed E-state index contributed by atoms with van der Waals surface area (Å²) in [6, 6.07) is 15.2. The zero-order valence-electron chi connectivity index (χ0n) is 18.7. The maximum atomic E-state index is 13.0. The van der Waals surface area contributed by atoms with Crippen molar-refractivity contribution in [1.29, 1.82) is 0 Å². The second-order valence-corrected chi connectivity index (χ2v) is 8.47. The third-order valence-corrected chi connectivity index (χ3v) is 6.71. The van der Waals surface area contributed by atoms with Crippen LogP contribution in [0.4, 0.5) is 4.79 Å². The minimum atomic E-state index is -1.42. The number of rotatable bonds is 7. The molecule has 2 aromatic rings. The molecule has 0 radical (unpaired) electrons. The van der Waals surface area contributed by atoms with Gasteiger partial charge in [0.05, 0.1) is 6.61 Å². The molecule has 0 saturated carbocycles. The second kappa shape index (κ2) is 9.23. The fraction of sp³-hybridized carbons (Fsp3) is 0.400. The van der Waals surface area contributed by atoms with Gasteiger partial charge in [0, 0.05) is 26.0 Å². The minimum absolute atomic E-state index is 0.0774. The van der Waals surface area contributed by atoms with Crippen LogP contribution in [0.15, 0.2) is 48.5 Å². The van der Waals surface area contributed by atoms with Gasteiger partial charge < -0.3 is 24.8 Å². The largest absolute Gasteiger partial charge is 0.479 e. The summed E-state index contributed by atoms with van der Waals surface area (Å²) in [7, 11) is 1.44. The molecule has 1 aliphatic heterocycles. The van der Waals surface area contributed by atoms with Crippen molar-refractivity contribution in [3.8, 4) is 11.1 Å². The van der Waals surface area contributed by atoms with Crippen LogP contribution in [0.1, 0.15) is 36.8 Å². The van der Waals surface area contributed by atoms with E-state index in [-0.39, 0.29) is 32.2 Å². The van der Waals surface area contributed by atoms with Gasteiger partial charge in [-0.3, -0.25) is 4.79 Å². The van der Waals surface area contributed by atoms with Crippen LogP contribution in [0, 0.1) is 0 Å². The molecule has 0 bridgehead atoms.